The number of nitrogens with zero attached hydrogens (tertiary/aromatic N) is 3. The Bertz CT molecular complexity index is 958. The van der Waals surface area contributed by atoms with Crippen molar-refractivity contribution >= 4 is 21.7 Å². The molecule has 2 aromatic heterocycles. The van der Waals surface area contributed by atoms with Gasteiger partial charge in [-0.15, -0.1) is 0 Å². The summed E-state index contributed by atoms with van der Waals surface area (Å²) < 4.78 is 27.2. The molecule has 0 amide bonds. The number of nitrogens with one attached hydrogen (secondary N) is 1. The summed E-state index contributed by atoms with van der Waals surface area (Å²) in [5, 5.41) is 0. The SMILES string of the molecule is Cc1cc(-c2cccnc2)nc(NS(=O)(=O)c2ccc(N)cc2)n1. The van der Waals surface area contributed by atoms with Crippen LogP contribution in [-0.2, 0) is 10.0 Å². The predicted octanol–water partition coefficient (Wildman–Crippen LogP) is 2.23. The Balaban J connectivity index is 1.95. The molecule has 122 valence electrons. The minimum absolute atomic E-state index is 0.00526. The number of nitrogen functional groups attached to an aromatic ring is 1. The van der Waals surface area contributed by atoms with Gasteiger partial charge in [0.15, 0.2) is 0 Å². The highest BCUT2D eigenvalue weighted by molar-refractivity contribution is 7.92. The first kappa shape index (κ1) is 15.9. The Labute approximate surface area is 139 Å². The molecule has 3 aromatic rings. The van der Waals surface area contributed by atoms with E-state index in [1.807, 2.05) is 6.07 Å². The second-order valence-electron chi connectivity index (χ2n) is 5.13. The number of hydrogen-bond acceptors (Lipinski definition) is 6. The summed E-state index contributed by atoms with van der Waals surface area (Å²) in [5.74, 6) is 0.00526. The number of benzene rings is 1. The number of pyridine rings is 1. The van der Waals surface area contributed by atoms with Gasteiger partial charge >= 0.3 is 0 Å². The van der Waals surface area contributed by atoms with Crippen molar-refractivity contribution in [1.82, 2.24) is 15.0 Å². The lowest BCUT2D eigenvalue weighted by Gasteiger charge is -2.09. The molecule has 0 saturated heterocycles. The van der Waals surface area contributed by atoms with Crippen LogP contribution in [0.2, 0.25) is 0 Å². The highest BCUT2D eigenvalue weighted by Gasteiger charge is 2.16. The molecule has 0 saturated carbocycles. The van der Waals surface area contributed by atoms with Crippen molar-refractivity contribution in [3.8, 4) is 11.3 Å². The highest BCUT2D eigenvalue weighted by atomic mass is 32.2. The first-order chi connectivity index (χ1) is 11.4. The van der Waals surface area contributed by atoms with Crippen LogP contribution < -0.4 is 10.5 Å². The van der Waals surface area contributed by atoms with Crippen molar-refractivity contribution in [3.63, 3.8) is 0 Å². The average Bonchev–Trinajstić information content (AvgIpc) is 2.55. The van der Waals surface area contributed by atoms with Crippen molar-refractivity contribution in [3.05, 3.63) is 60.6 Å². The highest BCUT2D eigenvalue weighted by Crippen LogP contribution is 2.20. The normalized spacial score (nSPS) is 11.2. The van der Waals surface area contributed by atoms with E-state index in [4.69, 9.17) is 5.73 Å². The third-order valence-electron chi connectivity index (χ3n) is 3.23. The first-order valence-corrected chi connectivity index (χ1v) is 8.57. The van der Waals surface area contributed by atoms with E-state index in [1.165, 1.54) is 24.3 Å². The zero-order chi connectivity index (χ0) is 17.2. The minimum Gasteiger partial charge on any atom is -0.399 e. The maximum atomic E-state index is 12.4. The number of aryl methyl sites for hydroxylation is 1. The van der Waals surface area contributed by atoms with Gasteiger partial charge in [-0.05, 0) is 49.4 Å². The van der Waals surface area contributed by atoms with E-state index in [9.17, 15) is 8.42 Å². The standard InChI is InChI=1S/C16H15N5O2S/c1-11-9-15(12-3-2-8-18-10-12)20-16(19-11)21-24(22,23)14-6-4-13(17)5-7-14/h2-10H,17H2,1H3,(H,19,20,21). The number of nitrogens with two attached hydrogens (primary N) is 1. The molecule has 0 aliphatic rings. The Morgan fingerprint density at radius 3 is 2.50 bits per heavy atom. The predicted molar refractivity (Wildman–Crippen MR) is 91.7 cm³/mol. The van der Waals surface area contributed by atoms with Gasteiger partial charge in [-0.2, -0.15) is 0 Å². The van der Waals surface area contributed by atoms with Gasteiger partial charge in [0.1, 0.15) is 0 Å². The lowest BCUT2D eigenvalue weighted by atomic mass is 10.2. The van der Waals surface area contributed by atoms with E-state index in [0.29, 0.717) is 17.1 Å². The summed E-state index contributed by atoms with van der Waals surface area (Å²) in [5.41, 5.74) is 8.07. The number of hydrogen-bond donors (Lipinski definition) is 2. The second kappa shape index (κ2) is 6.25. The molecule has 3 N–H and O–H groups in total. The van der Waals surface area contributed by atoms with Crippen molar-refractivity contribution < 1.29 is 8.42 Å². The van der Waals surface area contributed by atoms with Crippen LogP contribution in [-0.4, -0.2) is 23.4 Å². The number of rotatable bonds is 4. The molecule has 0 radical (unpaired) electrons. The molecule has 0 unspecified atom stereocenters. The van der Waals surface area contributed by atoms with Crippen LogP contribution in [0.25, 0.3) is 11.3 Å². The monoisotopic (exact) mass is 341 g/mol. The Morgan fingerprint density at radius 2 is 1.83 bits per heavy atom. The van der Waals surface area contributed by atoms with Crippen LogP contribution in [0.1, 0.15) is 5.69 Å². The largest absolute Gasteiger partial charge is 0.399 e. The van der Waals surface area contributed by atoms with Gasteiger partial charge in [0.05, 0.1) is 10.6 Å². The van der Waals surface area contributed by atoms with Gasteiger partial charge < -0.3 is 5.73 Å². The van der Waals surface area contributed by atoms with E-state index in [2.05, 4.69) is 19.7 Å². The van der Waals surface area contributed by atoms with Crippen LogP contribution in [0.4, 0.5) is 11.6 Å². The summed E-state index contributed by atoms with van der Waals surface area (Å²) in [4.78, 5) is 12.5. The van der Waals surface area contributed by atoms with Crippen molar-refractivity contribution in [2.24, 2.45) is 0 Å². The number of sulfonamides is 1. The smallest absolute Gasteiger partial charge is 0.264 e. The molecule has 2 heterocycles. The van der Waals surface area contributed by atoms with Crippen LogP contribution in [0, 0.1) is 6.92 Å². The van der Waals surface area contributed by atoms with Gasteiger partial charge in [-0.25, -0.2) is 23.1 Å². The minimum atomic E-state index is -3.79. The fourth-order valence-corrected chi connectivity index (χ4v) is 3.05. The molecule has 0 aliphatic carbocycles. The maximum Gasteiger partial charge on any atom is 0.264 e. The molecule has 3 rings (SSSR count). The molecule has 0 spiro atoms. The molecule has 0 atom stereocenters. The lowest BCUT2D eigenvalue weighted by Crippen LogP contribution is -2.15. The van der Waals surface area contributed by atoms with Gasteiger partial charge in [0, 0.05) is 29.3 Å². The van der Waals surface area contributed by atoms with Crippen LogP contribution in [0.15, 0.2) is 59.8 Å². The Hall–Kier alpha value is -3.00. The molecule has 0 bridgehead atoms. The van der Waals surface area contributed by atoms with Gasteiger partial charge in [0.25, 0.3) is 10.0 Å². The Kier molecular flexibility index (Phi) is 4.13. The average molecular weight is 341 g/mol. The fourth-order valence-electron chi connectivity index (χ4n) is 2.10. The molecule has 0 fully saturated rings. The molecule has 8 heteroatoms. The second-order valence-corrected chi connectivity index (χ2v) is 6.82. The molecular weight excluding hydrogens is 326 g/mol. The van der Waals surface area contributed by atoms with Crippen LogP contribution in [0.3, 0.4) is 0 Å². The van der Waals surface area contributed by atoms with Crippen LogP contribution in [0.5, 0.6) is 0 Å². The van der Waals surface area contributed by atoms with Gasteiger partial charge in [0.2, 0.25) is 5.95 Å². The fraction of sp³-hybridized carbons (Fsp3) is 0.0625. The van der Waals surface area contributed by atoms with E-state index in [-0.39, 0.29) is 10.8 Å². The zero-order valence-corrected chi connectivity index (χ0v) is 13.7. The van der Waals surface area contributed by atoms with Crippen molar-refractivity contribution in [2.75, 3.05) is 10.5 Å². The molecule has 1 aromatic carbocycles. The summed E-state index contributed by atoms with van der Waals surface area (Å²) >= 11 is 0. The van der Waals surface area contributed by atoms with E-state index < -0.39 is 10.0 Å². The zero-order valence-electron chi connectivity index (χ0n) is 12.8. The lowest BCUT2D eigenvalue weighted by molar-refractivity contribution is 0.601. The molecule has 24 heavy (non-hydrogen) atoms. The molecule has 0 aliphatic heterocycles. The third kappa shape index (κ3) is 3.49. The Morgan fingerprint density at radius 1 is 1.08 bits per heavy atom. The summed E-state index contributed by atoms with van der Waals surface area (Å²) in [6, 6.07) is 11.3. The topological polar surface area (TPSA) is 111 Å². The summed E-state index contributed by atoms with van der Waals surface area (Å²) in [6.45, 7) is 1.77. The van der Waals surface area contributed by atoms with Crippen molar-refractivity contribution in [2.45, 2.75) is 11.8 Å². The molecular formula is C16H15N5O2S. The summed E-state index contributed by atoms with van der Waals surface area (Å²) in [6.07, 6.45) is 3.31. The number of anilines is 2. The number of aromatic nitrogens is 3. The van der Waals surface area contributed by atoms with E-state index in [1.54, 1.807) is 31.5 Å². The summed E-state index contributed by atoms with van der Waals surface area (Å²) in [7, 11) is -3.79. The van der Waals surface area contributed by atoms with Crippen LogP contribution >= 0.6 is 0 Å². The third-order valence-corrected chi connectivity index (χ3v) is 4.57. The molecule has 7 nitrogen and oxygen atoms in total. The van der Waals surface area contributed by atoms with E-state index in [0.717, 1.165) is 5.56 Å². The van der Waals surface area contributed by atoms with Crippen molar-refractivity contribution in [1.29, 1.82) is 0 Å². The maximum absolute atomic E-state index is 12.4. The van der Waals surface area contributed by atoms with Gasteiger partial charge in [-0.1, -0.05) is 0 Å². The van der Waals surface area contributed by atoms with E-state index >= 15 is 0 Å². The van der Waals surface area contributed by atoms with Gasteiger partial charge in [-0.3, -0.25) is 4.98 Å². The quantitative estimate of drug-likeness (QED) is 0.704. The first-order valence-electron chi connectivity index (χ1n) is 7.08.